The molecule has 1 nitrogen and oxygen atoms in total. The third kappa shape index (κ3) is 1.75. The Bertz CT molecular complexity index is 625. The molecule has 4 heteroatoms. The van der Waals surface area contributed by atoms with Gasteiger partial charge >= 0.3 is 0 Å². The first kappa shape index (κ1) is 11.5. The van der Waals surface area contributed by atoms with Crippen LogP contribution in [0.2, 0.25) is 5.02 Å². The van der Waals surface area contributed by atoms with Gasteiger partial charge in [0.15, 0.2) is 11.6 Å². The van der Waals surface area contributed by atoms with Gasteiger partial charge in [0.1, 0.15) is 0 Å². The summed E-state index contributed by atoms with van der Waals surface area (Å²) in [5.74, 6) is -1.80. The Kier molecular flexibility index (Phi) is 2.71. The summed E-state index contributed by atoms with van der Waals surface area (Å²) in [6.45, 7) is 0.855. The molecular weight excluding hydrogens is 256 g/mol. The molecule has 0 spiro atoms. The fraction of sp³-hybridized carbons (Fsp3) is 0.143. The number of anilines is 1. The summed E-state index contributed by atoms with van der Waals surface area (Å²) in [5, 5.41) is 3.48. The summed E-state index contributed by atoms with van der Waals surface area (Å²) in [5.41, 5.74) is 3.54. The Balaban J connectivity index is 2.22. The van der Waals surface area contributed by atoms with E-state index in [1.807, 2.05) is 18.2 Å². The summed E-state index contributed by atoms with van der Waals surface area (Å²) in [6.07, 6.45) is 0.862. The molecule has 92 valence electrons. The Morgan fingerprint density at radius 2 is 1.83 bits per heavy atom. The minimum absolute atomic E-state index is 0.231. The first-order chi connectivity index (χ1) is 8.66. The van der Waals surface area contributed by atoms with Gasteiger partial charge in [-0.2, -0.15) is 0 Å². The molecule has 0 atom stereocenters. The fourth-order valence-electron chi connectivity index (χ4n) is 2.33. The zero-order valence-electron chi connectivity index (χ0n) is 9.43. The average Bonchev–Trinajstić information content (AvgIpc) is 2.82. The number of hydrogen-bond acceptors (Lipinski definition) is 1. The minimum atomic E-state index is -0.922. The summed E-state index contributed by atoms with van der Waals surface area (Å²) in [6, 6.07) is 7.91. The van der Waals surface area contributed by atoms with Crippen molar-refractivity contribution in [2.75, 3.05) is 11.9 Å². The molecule has 0 aromatic heterocycles. The lowest BCUT2D eigenvalue weighted by Crippen LogP contribution is -1.91. The van der Waals surface area contributed by atoms with Gasteiger partial charge in [-0.1, -0.05) is 23.7 Å². The number of nitrogens with one attached hydrogen (secondary N) is 1. The molecular formula is C14H10ClF2N. The molecule has 1 aliphatic heterocycles. The van der Waals surface area contributed by atoms with E-state index in [1.165, 1.54) is 0 Å². The molecule has 0 radical (unpaired) electrons. The van der Waals surface area contributed by atoms with E-state index in [1.54, 1.807) is 0 Å². The molecule has 0 fully saturated rings. The lowest BCUT2D eigenvalue weighted by molar-refractivity contribution is 0.509. The molecule has 0 amide bonds. The highest BCUT2D eigenvalue weighted by atomic mass is 35.5. The SMILES string of the molecule is Fc1cc(Cl)c(-c2cccc3c2CCN3)cc1F. The van der Waals surface area contributed by atoms with Gasteiger partial charge in [-0.05, 0) is 35.7 Å². The third-order valence-electron chi connectivity index (χ3n) is 3.17. The van der Waals surface area contributed by atoms with Gasteiger partial charge < -0.3 is 5.32 Å². The highest BCUT2D eigenvalue weighted by Gasteiger charge is 2.18. The highest BCUT2D eigenvalue weighted by Crippen LogP contribution is 2.37. The monoisotopic (exact) mass is 265 g/mol. The van der Waals surface area contributed by atoms with Crippen LogP contribution < -0.4 is 5.32 Å². The lowest BCUT2D eigenvalue weighted by Gasteiger charge is -2.10. The molecule has 0 bridgehead atoms. The number of hydrogen-bond donors (Lipinski definition) is 1. The Morgan fingerprint density at radius 1 is 1.06 bits per heavy atom. The first-order valence-electron chi connectivity index (χ1n) is 5.67. The van der Waals surface area contributed by atoms with Gasteiger partial charge in [-0.25, -0.2) is 8.78 Å². The number of benzene rings is 2. The van der Waals surface area contributed by atoms with Crippen LogP contribution in [0.15, 0.2) is 30.3 Å². The van der Waals surface area contributed by atoms with Gasteiger partial charge in [-0.15, -0.1) is 0 Å². The molecule has 0 aliphatic carbocycles. The smallest absolute Gasteiger partial charge is 0.160 e. The normalized spacial score (nSPS) is 13.3. The molecule has 1 aliphatic rings. The van der Waals surface area contributed by atoms with Crippen LogP contribution in [-0.4, -0.2) is 6.54 Å². The molecule has 1 heterocycles. The van der Waals surface area contributed by atoms with Crippen molar-refractivity contribution in [3.8, 4) is 11.1 Å². The minimum Gasteiger partial charge on any atom is -0.384 e. The predicted molar refractivity (Wildman–Crippen MR) is 69.0 cm³/mol. The van der Waals surface area contributed by atoms with E-state index < -0.39 is 11.6 Å². The van der Waals surface area contributed by atoms with Crippen molar-refractivity contribution in [1.82, 2.24) is 0 Å². The van der Waals surface area contributed by atoms with Crippen LogP contribution >= 0.6 is 11.6 Å². The number of rotatable bonds is 1. The quantitative estimate of drug-likeness (QED) is 0.760. The summed E-state index contributed by atoms with van der Waals surface area (Å²) in [4.78, 5) is 0. The van der Waals surface area contributed by atoms with Crippen LogP contribution in [0, 0.1) is 11.6 Å². The zero-order valence-corrected chi connectivity index (χ0v) is 10.2. The van der Waals surface area contributed by atoms with E-state index in [4.69, 9.17) is 11.6 Å². The Morgan fingerprint density at radius 3 is 2.67 bits per heavy atom. The summed E-state index contributed by atoms with van der Waals surface area (Å²) < 4.78 is 26.4. The van der Waals surface area contributed by atoms with E-state index in [-0.39, 0.29) is 5.02 Å². The number of halogens is 3. The Hall–Kier alpha value is -1.61. The van der Waals surface area contributed by atoms with E-state index in [9.17, 15) is 8.78 Å². The maximum absolute atomic E-state index is 13.3. The van der Waals surface area contributed by atoms with Crippen molar-refractivity contribution < 1.29 is 8.78 Å². The van der Waals surface area contributed by atoms with Crippen molar-refractivity contribution in [2.24, 2.45) is 0 Å². The molecule has 0 unspecified atom stereocenters. The maximum Gasteiger partial charge on any atom is 0.160 e. The van der Waals surface area contributed by atoms with Crippen molar-refractivity contribution in [1.29, 1.82) is 0 Å². The fourth-order valence-corrected chi connectivity index (χ4v) is 2.58. The van der Waals surface area contributed by atoms with Gasteiger partial charge in [0.2, 0.25) is 0 Å². The molecule has 0 saturated heterocycles. The van der Waals surface area contributed by atoms with Gasteiger partial charge in [-0.3, -0.25) is 0 Å². The van der Waals surface area contributed by atoms with Gasteiger partial charge in [0.25, 0.3) is 0 Å². The summed E-state index contributed by atoms with van der Waals surface area (Å²) in [7, 11) is 0. The van der Waals surface area contributed by atoms with Crippen molar-refractivity contribution in [2.45, 2.75) is 6.42 Å². The molecule has 2 aromatic carbocycles. The van der Waals surface area contributed by atoms with Crippen LogP contribution in [0.25, 0.3) is 11.1 Å². The van der Waals surface area contributed by atoms with Crippen LogP contribution in [0.3, 0.4) is 0 Å². The summed E-state index contributed by atoms with van der Waals surface area (Å²) >= 11 is 6.01. The molecule has 2 aromatic rings. The second kappa shape index (κ2) is 4.25. The predicted octanol–water partition coefficient (Wildman–Crippen LogP) is 4.25. The highest BCUT2D eigenvalue weighted by molar-refractivity contribution is 6.33. The van der Waals surface area contributed by atoms with Gasteiger partial charge in [0, 0.05) is 17.8 Å². The number of fused-ring (bicyclic) bond motifs is 1. The molecule has 3 rings (SSSR count). The third-order valence-corrected chi connectivity index (χ3v) is 3.48. The van der Waals surface area contributed by atoms with Crippen LogP contribution in [0.5, 0.6) is 0 Å². The topological polar surface area (TPSA) is 12.0 Å². The van der Waals surface area contributed by atoms with Crippen molar-refractivity contribution in [3.05, 3.63) is 52.6 Å². The van der Waals surface area contributed by atoms with E-state index in [2.05, 4.69) is 5.32 Å². The van der Waals surface area contributed by atoms with E-state index in [0.29, 0.717) is 5.56 Å². The van der Waals surface area contributed by atoms with Crippen LogP contribution in [0.4, 0.5) is 14.5 Å². The lowest BCUT2D eigenvalue weighted by atomic mass is 9.97. The first-order valence-corrected chi connectivity index (χ1v) is 6.05. The molecule has 18 heavy (non-hydrogen) atoms. The van der Waals surface area contributed by atoms with Crippen molar-refractivity contribution in [3.63, 3.8) is 0 Å². The van der Waals surface area contributed by atoms with Crippen LogP contribution in [-0.2, 0) is 6.42 Å². The standard InChI is InChI=1S/C14H10ClF2N/c15-11-7-13(17)12(16)6-10(11)8-2-1-3-14-9(8)4-5-18-14/h1-3,6-7,18H,4-5H2. The zero-order chi connectivity index (χ0) is 12.7. The van der Waals surface area contributed by atoms with Gasteiger partial charge in [0.05, 0.1) is 5.02 Å². The van der Waals surface area contributed by atoms with E-state index in [0.717, 1.165) is 41.9 Å². The Labute approximate surface area is 108 Å². The molecule has 1 N–H and O–H groups in total. The average molecular weight is 266 g/mol. The van der Waals surface area contributed by atoms with Crippen LogP contribution in [0.1, 0.15) is 5.56 Å². The second-order valence-corrected chi connectivity index (χ2v) is 4.66. The second-order valence-electron chi connectivity index (χ2n) is 4.25. The van der Waals surface area contributed by atoms with Crippen molar-refractivity contribution >= 4 is 17.3 Å². The maximum atomic E-state index is 13.3. The molecule has 0 saturated carbocycles. The largest absolute Gasteiger partial charge is 0.384 e. The van der Waals surface area contributed by atoms with E-state index >= 15 is 0 Å².